The summed E-state index contributed by atoms with van der Waals surface area (Å²) in [6, 6.07) is 15.1. The van der Waals surface area contributed by atoms with Crippen LogP contribution in [0.4, 0.5) is 0 Å². The summed E-state index contributed by atoms with van der Waals surface area (Å²) in [6.07, 6.45) is 1.10. The quantitative estimate of drug-likeness (QED) is 0.862. The summed E-state index contributed by atoms with van der Waals surface area (Å²) < 4.78 is 10.9. The van der Waals surface area contributed by atoms with Gasteiger partial charge in [-0.1, -0.05) is 24.3 Å². The Morgan fingerprint density at radius 3 is 2.64 bits per heavy atom. The van der Waals surface area contributed by atoms with Crippen LogP contribution >= 0.6 is 0 Å². The lowest BCUT2D eigenvalue weighted by atomic mass is 9.79. The molecule has 2 aliphatic heterocycles. The molecular formula is C21H24N2O2. The van der Waals surface area contributed by atoms with E-state index in [-0.39, 0.29) is 0 Å². The summed E-state index contributed by atoms with van der Waals surface area (Å²) in [7, 11) is 5.53. The average Bonchev–Trinajstić information content (AvgIpc) is 2.67. The van der Waals surface area contributed by atoms with Crippen molar-refractivity contribution in [2.75, 3.05) is 34.4 Å². The molecule has 4 nitrogen and oxygen atoms in total. The van der Waals surface area contributed by atoms with Gasteiger partial charge in [0.2, 0.25) is 0 Å². The van der Waals surface area contributed by atoms with E-state index in [1.807, 2.05) is 12.1 Å². The van der Waals surface area contributed by atoms with Crippen LogP contribution in [-0.4, -0.2) is 51.0 Å². The molecule has 2 atom stereocenters. The molecule has 0 amide bonds. The van der Waals surface area contributed by atoms with Gasteiger partial charge in [-0.2, -0.15) is 0 Å². The van der Waals surface area contributed by atoms with Crippen molar-refractivity contribution >= 4 is 5.71 Å². The maximum atomic E-state index is 5.49. The van der Waals surface area contributed by atoms with Gasteiger partial charge in [-0.05, 0) is 43.8 Å². The second kappa shape index (κ2) is 6.52. The van der Waals surface area contributed by atoms with Crippen molar-refractivity contribution in [1.29, 1.82) is 0 Å². The van der Waals surface area contributed by atoms with E-state index >= 15 is 0 Å². The van der Waals surface area contributed by atoms with Crippen molar-refractivity contribution in [2.45, 2.75) is 18.4 Å². The van der Waals surface area contributed by atoms with Crippen LogP contribution in [0.15, 0.2) is 47.5 Å². The maximum Gasteiger partial charge on any atom is 0.161 e. The van der Waals surface area contributed by atoms with Crippen LogP contribution in [-0.2, 0) is 0 Å². The highest BCUT2D eigenvalue weighted by Gasteiger charge is 2.34. The molecule has 130 valence electrons. The zero-order valence-electron chi connectivity index (χ0n) is 15.0. The van der Waals surface area contributed by atoms with Gasteiger partial charge >= 0.3 is 0 Å². The molecule has 0 saturated carbocycles. The lowest BCUT2D eigenvalue weighted by Crippen LogP contribution is -2.41. The smallest absolute Gasteiger partial charge is 0.161 e. The average molecular weight is 336 g/mol. The fraction of sp³-hybridized carbons (Fsp3) is 0.381. The zero-order chi connectivity index (χ0) is 17.4. The Balaban J connectivity index is 1.82. The molecule has 0 unspecified atom stereocenters. The normalized spacial score (nSPS) is 22.6. The van der Waals surface area contributed by atoms with Gasteiger partial charge in [-0.15, -0.1) is 0 Å². The number of hydrogen-bond donors (Lipinski definition) is 0. The minimum Gasteiger partial charge on any atom is -0.493 e. The second-order valence-corrected chi connectivity index (χ2v) is 6.86. The van der Waals surface area contributed by atoms with Crippen molar-refractivity contribution < 1.29 is 9.47 Å². The third-order valence-corrected chi connectivity index (χ3v) is 5.35. The molecule has 4 heteroatoms. The van der Waals surface area contributed by atoms with Gasteiger partial charge in [0, 0.05) is 23.6 Å². The maximum absolute atomic E-state index is 5.49. The third-order valence-electron chi connectivity index (χ3n) is 5.35. The molecule has 0 radical (unpaired) electrons. The number of benzene rings is 2. The van der Waals surface area contributed by atoms with Gasteiger partial charge in [0.25, 0.3) is 0 Å². The van der Waals surface area contributed by atoms with E-state index in [0.29, 0.717) is 12.0 Å². The van der Waals surface area contributed by atoms with Gasteiger partial charge in [0.1, 0.15) is 0 Å². The van der Waals surface area contributed by atoms with E-state index in [2.05, 4.69) is 42.3 Å². The number of ether oxygens (including phenoxy) is 2. The molecule has 2 aromatic carbocycles. The molecule has 0 N–H and O–H groups in total. The van der Waals surface area contributed by atoms with E-state index < -0.39 is 0 Å². The summed E-state index contributed by atoms with van der Waals surface area (Å²) >= 11 is 0. The van der Waals surface area contributed by atoms with Crippen molar-refractivity contribution in [3.8, 4) is 11.5 Å². The predicted molar refractivity (Wildman–Crippen MR) is 100 cm³/mol. The molecule has 0 bridgehead atoms. The zero-order valence-corrected chi connectivity index (χ0v) is 15.0. The lowest BCUT2D eigenvalue weighted by Gasteiger charge is -2.39. The number of fused-ring (bicyclic) bond motifs is 3. The monoisotopic (exact) mass is 336 g/mol. The molecule has 4 rings (SSSR count). The van der Waals surface area contributed by atoms with E-state index in [4.69, 9.17) is 14.5 Å². The molecule has 0 aromatic heterocycles. The van der Waals surface area contributed by atoms with Gasteiger partial charge in [-0.25, -0.2) is 0 Å². The SMILES string of the molecule is COc1ccc(C2=N[C@@H]3CCN(C)C[C@@H]3c3ccccc32)cc1OC. The first-order valence-electron chi connectivity index (χ1n) is 8.79. The number of methoxy groups -OCH3 is 2. The van der Waals surface area contributed by atoms with Crippen LogP contribution in [0.2, 0.25) is 0 Å². The van der Waals surface area contributed by atoms with Crippen molar-refractivity contribution in [3.63, 3.8) is 0 Å². The first-order valence-corrected chi connectivity index (χ1v) is 8.79. The first kappa shape index (κ1) is 16.2. The number of rotatable bonds is 3. The van der Waals surface area contributed by atoms with Gasteiger partial charge in [-0.3, -0.25) is 4.99 Å². The minimum absolute atomic E-state index is 0.356. The Morgan fingerprint density at radius 1 is 1.04 bits per heavy atom. The minimum atomic E-state index is 0.356. The summed E-state index contributed by atoms with van der Waals surface area (Å²) in [4.78, 5) is 7.59. The molecular weight excluding hydrogens is 312 g/mol. The summed E-state index contributed by atoms with van der Waals surface area (Å²) in [5, 5.41) is 0. The molecule has 25 heavy (non-hydrogen) atoms. The number of aliphatic imine (C=N–C) groups is 1. The predicted octanol–water partition coefficient (Wildman–Crippen LogP) is 3.34. The largest absolute Gasteiger partial charge is 0.493 e. The highest BCUT2D eigenvalue weighted by Crippen LogP contribution is 2.38. The molecule has 2 heterocycles. The fourth-order valence-electron chi connectivity index (χ4n) is 4.05. The topological polar surface area (TPSA) is 34.1 Å². The van der Waals surface area contributed by atoms with Gasteiger partial charge in [0.15, 0.2) is 11.5 Å². The Kier molecular flexibility index (Phi) is 4.22. The molecule has 2 aliphatic rings. The molecule has 1 fully saturated rings. The molecule has 2 aromatic rings. The molecule has 1 saturated heterocycles. The summed E-state index contributed by atoms with van der Waals surface area (Å²) in [6.45, 7) is 2.18. The highest BCUT2D eigenvalue weighted by molar-refractivity contribution is 6.14. The number of nitrogens with zero attached hydrogens (tertiary/aromatic N) is 2. The number of hydrogen-bond acceptors (Lipinski definition) is 4. The number of likely N-dealkylation sites (N-methyl/N-ethyl adjacent to an activating group) is 1. The van der Waals surface area contributed by atoms with Crippen LogP contribution in [0.25, 0.3) is 0 Å². The lowest BCUT2D eigenvalue weighted by molar-refractivity contribution is 0.227. The highest BCUT2D eigenvalue weighted by atomic mass is 16.5. The standard InChI is InChI=1S/C21H24N2O2/c1-23-11-10-18-17(13-23)15-6-4-5-7-16(15)21(22-18)14-8-9-19(24-2)20(12-14)25-3/h4-9,12,17-18H,10-11,13H2,1-3H3/t17-,18-/m1/s1. The summed E-state index contributed by atoms with van der Waals surface area (Å²) in [5.74, 6) is 1.97. The Morgan fingerprint density at radius 2 is 1.84 bits per heavy atom. The Bertz CT molecular complexity index is 815. The van der Waals surface area contributed by atoms with Crippen LogP contribution in [0.3, 0.4) is 0 Å². The van der Waals surface area contributed by atoms with Crippen LogP contribution < -0.4 is 9.47 Å². The molecule has 0 aliphatic carbocycles. The number of piperidine rings is 1. The first-order chi connectivity index (χ1) is 12.2. The van der Waals surface area contributed by atoms with Crippen LogP contribution in [0.5, 0.6) is 11.5 Å². The fourth-order valence-corrected chi connectivity index (χ4v) is 4.05. The van der Waals surface area contributed by atoms with Gasteiger partial charge in [0.05, 0.1) is 26.0 Å². The van der Waals surface area contributed by atoms with Gasteiger partial charge < -0.3 is 14.4 Å². The van der Waals surface area contributed by atoms with E-state index in [0.717, 1.165) is 42.3 Å². The second-order valence-electron chi connectivity index (χ2n) is 6.86. The van der Waals surface area contributed by atoms with Crippen LogP contribution in [0, 0.1) is 0 Å². The Labute approximate surface area is 149 Å². The van der Waals surface area contributed by atoms with E-state index in [1.165, 1.54) is 11.1 Å². The van der Waals surface area contributed by atoms with Crippen molar-refractivity contribution in [3.05, 3.63) is 59.2 Å². The third kappa shape index (κ3) is 2.81. The van der Waals surface area contributed by atoms with Crippen molar-refractivity contribution in [2.24, 2.45) is 4.99 Å². The van der Waals surface area contributed by atoms with E-state index in [1.54, 1.807) is 14.2 Å². The van der Waals surface area contributed by atoms with Crippen LogP contribution in [0.1, 0.15) is 29.0 Å². The number of likely N-dealkylation sites (tertiary alicyclic amines) is 1. The molecule has 0 spiro atoms. The van der Waals surface area contributed by atoms with E-state index in [9.17, 15) is 0 Å². The van der Waals surface area contributed by atoms with Crippen molar-refractivity contribution in [1.82, 2.24) is 4.90 Å². The summed E-state index contributed by atoms with van der Waals surface area (Å²) in [5.41, 5.74) is 4.81. The Hall–Kier alpha value is -2.33.